The number of rotatable bonds is 4. The second-order valence-electron chi connectivity index (χ2n) is 4.87. The minimum absolute atomic E-state index is 0.543. The standard InChI is InChI=1S/C15H18N4S/c1-3-6-19-14-5-4-11(8-16)7-12(14)18-15(19)13-9-20-10(2)17-13/h4-5,7,9H,3,6,8,16H2,1-2H3. The fraction of sp³-hybridized carbons (Fsp3) is 0.333. The third-order valence-corrected chi connectivity index (χ3v) is 4.12. The Morgan fingerprint density at radius 1 is 1.30 bits per heavy atom. The molecule has 0 saturated carbocycles. The van der Waals surface area contributed by atoms with Crippen LogP contribution in [0.15, 0.2) is 23.6 Å². The summed E-state index contributed by atoms with van der Waals surface area (Å²) in [6, 6.07) is 6.26. The van der Waals surface area contributed by atoms with Crippen LogP contribution in [-0.4, -0.2) is 14.5 Å². The van der Waals surface area contributed by atoms with Gasteiger partial charge in [0.05, 0.1) is 16.0 Å². The summed E-state index contributed by atoms with van der Waals surface area (Å²) in [4.78, 5) is 9.35. The second kappa shape index (κ2) is 5.34. The number of nitrogens with zero attached hydrogens (tertiary/aromatic N) is 3. The van der Waals surface area contributed by atoms with E-state index >= 15 is 0 Å². The van der Waals surface area contributed by atoms with E-state index in [2.05, 4.69) is 40.1 Å². The number of fused-ring (bicyclic) bond motifs is 1. The van der Waals surface area contributed by atoms with Crippen molar-refractivity contribution < 1.29 is 0 Å². The molecule has 0 aliphatic rings. The number of imidazole rings is 1. The van der Waals surface area contributed by atoms with E-state index in [-0.39, 0.29) is 0 Å². The normalized spacial score (nSPS) is 11.3. The maximum atomic E-state index is 5.71. The minimum atomic E-state index is 0.543. The van der Waals surface area contributed by atoms with Gasteiger partial charge in [0.1, 0.15) is 5.69 Å². The molecule has 104 valence electrons. The molecule has 5 heteroatoms. The predicted molar refractivity (Wildman–Crippen MR) is 83.8 cm³/mol. The smallest absolute Gasteiger partial charge is 0.160 e. The Hall–Kier alpha value is -1.72. The Bertz CT molecular complexity index is 741. The lowest BCUT2D eigenvalue weighted by molar-refractivity contribution is 0.703. The lowest BCUT2D eigenvalue weighted by Crippen LogP contribution is -2.00. The Balaban J connectivity index is 2.21. The highest BCUT2D eigenvalue weighted by Crippen LogP contribution is 2.26. The first-order valence-corrected chi connectivity index (χ1v) is 7.72. The van der Waals surface area contributed by atoms with Crippen molar-refractivity contribution in [2.75, 3.05) is 0 Å². The fourth-order valence-electron chi connectivity index (χ4n) is 2.41. The van der Waals surface area contributed by atoms with Crippen LogP contribution in [0.3, 0.4) is 0 Å². The predicted octanol–water partition coefficient (Wildman–Crippen LogP) is 3.34. The molecule has 3 rings (SSSR count). The third kappa shape index (κ3) is 2.23. The zero-order chi connectivity index (χ0) is 14.1. The van der Waals surface area contributed by atoms with Crippen molar-refractivity contribution in [2.45, 2.75) is 33.4 Å². The monoisotopic (exact) mass is 286 g/mol. The molecule has 3 aromatic rings. The molecule has 0 bridgehead atoms. The van der Waals surface area contributed by atoms with Crippen molar-refractivity contribution in [1.82, 2.24) is 14.5 Å². The van der Waals surface area contributed by atoms with Gasteiger partial charge in [-0.25, -0.2) is 9.97 Å². The molecule has 0 amide bonds. The van der Waals surface area contributed by atoms with E-state index in [1.165, 1.54) is 0 Å². The van der Waals surface area contributed by atoms with Gasteiger partial charge in [0.15, 0.2) is 5.82 Å². The fourth-order valence-corrected chi connectivity index (χ4v) is 3.01. The molecule has 0 radical (unpaired) electrons. The summed E-state index contributed by atoms with van der Waals surface area (Å²) in [7, 11) is 0. The van der Waals surface area contributed by atoms with Crippen LogP contribution >= 0.6 is 11.3 Å². The van der Waals surface area contributed by atoms with Crippen molar-refractivity contribution >= 4 is 22.4 Å². The number of thiazole rings is 1. The van der Waals surface area contributed by atoms with Gasteiger partial charge in [-0.05, 0) is 31.0 Å². The summed E-state index contributed by atoms with van der Waals surface area (Å²) >= 11 is 1.66. The van der Waals surface area contributed by atoms with Crippen molar-refractivity contribution in [3.8, 4) is 11.5 Å². The summed E-state index contributed by atoms with van der Waals surface area (Å²) in [5.74, 6) is 0.959. The average molecular weight is 286 g/mol. The Kier molecular flexibility index (Phi) is 3.54. The van der Waals surface area contributed by atoms with E-state index in [0.717, 1.165) is 46.1 Å². The topological polar surface area (TPSA) is 56.7 Å². The van der Waals surface area contributed by atoms with Crippen LogP contribution in [0.4, 0.5) is 0 Å². The van der Waals surface area contributed by atoms with Crippen molar-refractivity contribution in [3.05, 3.63) is 34.2 Å². The van der Waals surface area contributed by atoms with E-state index in [4.69, 9.17) is 10.7 Å². The zero-order valence-electron chi connectivity index (χ0n) is 11.8. The van der Waals surface area contributed by atoms with Gasteiger partial charge in [-0.3, -0.25) is 0 Å². The molecule has 0 spiro atoms. The van der Waals surface area contributed by atoms with E-state index in [0.29, 0.717) is 6.54 Å². The molecule has 0 saturated heterocycles. The zero-order valence-corrected chi connectivity index (χ0v) is 12.6. The number of aromatic nitrogens is 3. The maximum absolute atomic E-state index is 5.71. The van der Waals surface area contributed by atoms with E-state index in [9.17, 15) is 0 Å². The number of benzene rings is 1. The number of nitrogens with two attached hydrogens (primary N) is 1. The highest BCUT2D eigenvalue weighted by atomic mass is 32.1. The molecule has 0 fully saturated rings. The first-order chi connectivity index (χ1) is 9.72. The van der Waals surface area contributed by atoms with Gasteiger partial charge in [0.2, 0.25) is 0 Å². The van der Waals surface area contributed by atoms with Crippen LogP contribution < -0.4 is 5.73 Å². The number of hydrogen-bond donors (Lipinski definition) is 1. The SMILES string of the molecule is CCCn1c(-c2csc(C)n2)nc2cc(CN)ccc21. The van der Waals surface area contributed by atoms with E-state index in [1.807, 2.05) is 6.92 Å². The largest absolute Gasteiger partial charge is 0.326 e. The molecule has 4 nitrogen and oxygen atoms in total. The van der Waals surface area contributed by atoms with Crippen LogP contribution in [-0.2, 0) is 13.1 Å². The summed E-state index contributed by atoms with van der Waals surface area (Å²) < 4.78 is 2.25. The molecule has 2 heterocycles. The molecule has 0 atom stereocenters. The Labute approximate surface area is 122 Å². The molecular weight excluding hydrogens is 268 g/mol. The van der Waals surface area contributed by atoms with Gasteiger partial charge in [0.25, 0.3) is 0 Å². The average Bonchev–Trinajstić information content (AvgIpc) is 3.03. The molecule has 0 aliphatic carbocycles. The molecule has 1 aromatic carbocycles. The summed E-state index contributed by atoms with van der Waals surface area (Å²) in [5, 5.41) is 3.14. The molecule has 20 heavy (non-hydrogen) atoms. The number of hydrogen-bond acceptors (Lipinski definition) is 4. The maximum Gasteiger partial charge on any atom is 0.160 e. The van der Waals surface area contributed by atoms with Gasteiger partial charge in [-0.15, -0.1) is 11.3 Å². The van der Waals surface area contributed by atoms with Crippen molar-refractivity contribution in [1.29, 1.82) is 0 Å². The Morgan fingerprint density at radius 2 is 2.15 bits per heavy atom. The van der Waals surface area contributed by atoms with Crippen LogP contribution in [0.5, 0.6) is 0 Å². The van der Waals surface area contributed by atoms with E-state index < -0.39 is 0 Å². The summed E-state index contributed by atoms with van der Waals surface area (Å²) in [5.41, 5.74) is 9.95. The molecule has 2 N–H and O–H groups in total. The van der Waals surface area contributed by atoms with Gasteiger partial charge < -0.3 is 10.3 Å². The van der Waals surface area contributed by atoms with Gasteiger partial charge in [-0.2, -0.15) is 0 Å². The first-order valence-electron chi connectivity index (χ1n) is 6.84. The van der Waals surface area contributed by atoms with Gasteiger partial charge in [-0.1, -0.05) is 13.0 Å². The highest BCUT2D eigenvalue weighted by Gasteiger charge is 2.14. The van der Waals surface area contributed by atoms with Gasteiger partial charge in [0, 0.05) is 18.5 Å². The summed E-state index contributed by atoms with van der Waals surface area (Å²) in [6.07, 6.45) is 1.07. The quantitative estimate of drug-likeness (QED) is 0.800. The molecular formula is C15H18N4S. The van der Waals surface area contributed by atoms with Gasteiger partial charge >= 0.3 is 0 Å². The van der Waals surface area contributed by atoms with Crippen LogP contribution in [0.2, 0.25) is 0 Å². The van der Waals surface area contributed by atoms with Crippen molar-refractivity contribution in [2.24, 2.45) is 5.73 Å². The second-order valence-corrected chi connectivity index (χ2v) is 5.93. The van der Waals surface area contributed by atoms with Crippen LogP contribution in [0.1, 0.15) is 23.9 Å². The highest BCUT2D eigenvalue weighted by molar-refractivity contribution is 7.09. The minimum Gasteiger partial charge on any atom is -0.326 e. The lowest BCUT2D eigenvalue weighted by atomic mass is 10.2. The first kappa shape index (κ1) is 13.3. The lowest BCUT2D eigenvalue weighted by Gasteiger charge is -2.06. The van der Waals surface area contributed by atoms with Crippen LogP contribution in [0.25, 0.3) is 22.6 Å². The Morgan fingerprint density at radius 3 is 2.80 bits per heavy atom. The molecule has 2 aromatic heterocycles. The van der Waals surface area contributed by atoms with Crippen LogP contribution in [0, 0.1) is 6.92 Å². The van der Waals surface area contributed by atoms with E-state index in [1.54, 1.807) is 11.3 Å². The molecule has 0 aliphatic heterocycles. The third-order valence-electron chi connectivity index (χ3n) is 3.34. The van der Waals surface area contributed by atoms with Crippen molar-refractivity contribution in [3.63, 3.8) is 0 Å². The molecule has 0 unspecified atom stereocenters. The number of aryl methyl sites for hydroxylation is 2. The summed E-state index contributed by atoms with van der Waals surface area (Å²) in [6.45, 7) is 5.69.